The standard InChI is InChI=1S/C15H14FNO4S/c1-2-21-15(18)11-3-9-14(10-4-11)22(19,20)17-13-7-5-12(16)6-8-13/h3-10,17H,2H2,1H3. The second-order valence-corrected chi connectivity index (χ2v) is 6.04. The molecule has 0 unspecified atom stereocenters. The van der Waals surface area contributed by atoms with E-state index < -0.39 is 21.8 Å². The summed E-state index contributed by atoms with van der Waals surface area (Å²) in [6.07, 6.45) is 0. The van der Waals surface area contributed by atoms with Gasteiger partial charge in [-0.1, -0.05) is 0 Å². The minimum Gasteiger partial charge on any atom is -0.462 e. The normalized spacial score (nSPS) is 11.0. The van der Waals surface area contributed by atoms with Crippen molar-refractivity contribution in [2.24, 2.45) is 0 Å². The average Bonchev–Trinajstić information content (AvgIpc) is 2.50. The Morgan fingerprint density at radius 3 is 2.23 bits per heavy atom. The number of nitrogens with one attached hydrogen (secondary N) is 1. The Kier molecular flexibility index (Phi) is 4.77. The number of hydrogen-bond donors (Lipinski definition) is 1. The van der Waals surface area contributed by atoms with Crippen LogP contribution in [-0.2, 0) is 14.8 Å². The van der Waals surface area contributed by atoms with Crippen molar-refractivity contribution in [1.29, 1.82) is 0 Å². The summed E-state index contributed by atoms with van der Waals surface area (Å²) < 4.78 is 44.3. The molecule has 0 aliphatic heterocycles. The maximum Gasteiger partial charge on any atom is 0.338 e. The number of carbonyl (C=O) groups excluding carboxylic acids is 1. The molecule has 0 radical (unpaired) electrons. The first-order valence-electron chi connectivity index (χ1n) is 6.48. The lowest BCUT2D eigenvalue weighted by Gasteiger charge is -2.08. The van der Waals surface area contributed by atoms with Crippen LogP contribution in [0, 0.1) is 5.82 Å². The average molecular weight is 323 g/mol. The molecule has 0 fully saturated rings. The first-order valence-corrected chi connectivity index (χ1v) is 7.96. The van der Waals surface area contributed by atoms with Crippen molar-refractivity contribution in [1.82, 2.24) is 0 Å². The molecule has 0 atom stereocenters. The highest BCUT2D eigenvalue weighted by atomic mass is 32.2. The molecule has 0 spiro atoms. The number of hydrogen-bond acceptors (Lipinski definition) is 4. The fraction of sp³-hybridized carbons (Fsp3) is 0.133. The van der Waals surface area contributed by atoms with E-state index in [-0.39, 0.29) is 22.8 Å². The SMILES string of the molecule is CCOC(=O)c1ccc(S(=O)(=O)Nc2ccc(F)cc2)cc1. The zero-order chi connectivity index (χ0) is 16.2. The lowest BCUT2D eigenvalue weighted by Crippen LogP contribution is -2.13. The quantitative estimate of drug-likeness (QED) is 0.859. The Morgan fingerprint density at radius 1 is 1.09 bits per heavy atom. The molecular formula is C15H14FNO4S. The monoisotopic (exact) mass is 323 g/mol. The molecule has 0 bridgehead atoms. The molecule has 0 saturated heterocycles. The van der Waals surface area contributed by atoms with Gasteiger partial charge in [0.15, 0.2) is 0 Å². The summed E-state index contributed by atoms with van der Waals surface area (Å²) in [4.78, 5) is 11.5. The van der Waals surface area contributed by atoms with Gasteiger partial charge < -0.3 is 4.74 Å². The van der Waals surface area contributed by atoms with Gasteiger partial charge in [-0.3, -0.25) is 4.72 Å². The fourth-order valence-corrected chi connectivity index (χ4v) is 2.78. The van der Waals surface area contributed by atoms with Gasteiger partial charge in [-0.05, 0) is 55.5 Å². The number of halogens is 1. The molecule has 2 rings (SSSR count). The molecule has 0 heterocycles. The summed E-state index contributed by atoms with van der Waals surface area (Å²) >= 11 is 0. The van der Waals surface area contributed by atoms with Gasteiger partial charge in [-0.15, -0.1) is 0 Å². The molecule has 0 aliphatic rings. The third-order valence-corrected chi connectivity index (χ3v) is 4.17. The Morgan fingerprint density at radius 2 is 1.68 bits per heavy atom. The summed E-state index contributed by atoms with van der Waals surface area (Å²) in [5.41, 5.74) is 0.512. The molecule has 22 heavy (non-hydrogen) atoms. The topological polar surface area (TPSA) is 72.5 Å². The summed E-state index contributed by atoms with van der Waals surface area (Å²) in [6, 6.07) is 10.3. The van der Waals surface area contributed by atoms with Crippen LogP contribution in [0.3, 0.4) is 0 Å². The summed E-state index contributed by atoms with van der Waals surface area (Å²) in [7, 11) is -3.81. The van der Waals surface area contributed by atoms with Gasteiger partial charge in [0.1, 0.15) is 5.82 Å². The molecule has 2 aromatic carbocycles. The molecule has 0 aliphatic carbocycles. The van der Waals surface area contributed by atoms with Crippen molar-refractivity contribution in [3.63, 3.8) is 0 Å². The van der Waals surface area contributed by atoms with E-state index in [1.165, 1.54) is 36.4 Å². The summed E-state index contributed by atoms with van der Waals surface area (Å²) in [6.45, 7) is 1.92. The van der Waals surface area contributed by atoms with Gasteiger partial charge in [0.2, 0.25) is 0 Å². The third-order valence-electron chi connectivity index (χ3n) is 2.77. The smallest absolute Gasteiger partial charge is 0.338 e. The van der Waals surface area contributed by atoms with Crippen LogP contribution in [0.25, 0.3) is 0 Å². The Hall–Kier alpha value is -2.41. The van der Waals surface area contributed by atoms with E-state index in [1.54, 1.807) is 6.92 Å². The van der Waals surface area contributed by atoms with E-state index in [4.69, 9.17) is 4.74 Å². The highest BCUT2D eigenvalue weighted by Crippen LogP contribution is 2.17. The van der Waals surface area contributed by atoms with Crippen LogP contribution >= 0.6 is 0 Å². The first kappa shape index (κ1) is 16.0. The van der Waals surface area contributed by atoms with Crippen LogP contribution < -0.4 is 4.72 Å². The summed E-state index contributed by atoms with van der Waals surface area (Å²) in [5, 5.41) is 0. The van der Waals surface area contributed by atoms with Crippen molar-refractivity contribution in [3.8, 4) is 0 Å². The number of rotatable bonds is 5. The predicted octanol–water partition coefficient (Wildman–Crippen LogP) is 2.80. The zero-order valence-corrected chi connectivity index (χ0v) is 12.6. The van der Waals surface area contributed by atoms with E-state index in [0.29, 0.717) is 0 Å². The van der Waals surface area contributed by atoms with E-state index >= 15 is 0 Å². The number of carbonyl (C=O) groups is 1. The van der Waals surface area contributed by atoms with Crippen molar-refractivity contribution < 1.29 is 22.3 Å². The fourth-order valence-electron chi connectivity index (χ4n) is 1.72. The Balaban J connectivity index is 2.19. The Bertz CT molecular complexity index is 755. The molecule has 1 N–H and O–H groups in total. The largest absolute Gasteiger partial charge is 0.462 e. The highest BCUT2D eigenvalue weighted by Gasteiger charge is 2.15. The van der Waals surface area contributed by atoms with Crippen LogP contribution in [0.5, 0.6) is 0 Å². The van der Waals surface area contributed by atoms with Crippen molar-refractivity contribution >= 4 is 21.7 Å². The molecular weight excluding hydrogens is 309 g/mol. The molecule has 0 aromatic heterocycles. The van der Waals surface area contributed by atoms with Crippen LogP contribution in [0.15, 0.2) is 53.4 Å². The van der Waals surface area contributed by atoms with Crippen LogP contribution in [0.4, 0.5) is 10.1 Å². The van der Waals surface area contributed by atoms with Gasteiger partial charge in [0.25, 0.3) is 10.0 Å². The van der Waals surface area contributed by atoms with Crippen LogP contribution in [0.1, 0.15) is 17.3 Å². The predicted molar refractivity (Wildman–Crippen MR) is 79.6 cm³/mol. The van der Waals surface area contributed by atoms with E-state index in [0.717, 1.165) is 12.1 Å². The van der Waals surface area contributed by atoms with Gasteiger partial charge in [0, 0.05) is 5.69 Å². The van der Waals surface area contributed by atoms with Gasteiger partial charge in [-0.2, -0.15) is 0 Å². The summed E-state index contributed by atoms with van der Waals surface area (Å²) in [5.74, 6) is -0.973. The van der Waals surface area contributed by atoms with Crippen molar-refractivity contribution in [2.45, 2.75) is 11.8 Å². The molecule has 2 aromatic rings. The zero-order valence-electron chi connectivity index (χ0n) is 11.7. The van der Waals surface area contributed by atoms with E-state index in [9.17, 15) is 17.6 Å². The minimum atomic E-state index is -3.81. The minimum absolute atomic E-state index is 0.00938. The van der Waals surface area contributed by atoms with Crippen molar-refractivity contribution in [3.05, 3.63) is 59.9 Å². The number of anilines is 1. The second-order valence-electron chi connectivity index (χ2n) is 4.36. The van der Waals surface area contributed by atoms with Gasteiger partial charge in [-0.25, -0.2) is 17.6 Å². The van der Waals surface area contributed by atoms with Crippen molar-refractivity contribution in [2.75, 3.05) is 11.3 Å². The number of esters is 1. The number of sulfonamides is 1. The highest BCUT2D eigenvalue weighted by molar-refractivity contribution is 7.92. The lowest BCUT2D eigenvalue weighted by atomic mass is 10.2. The second kappa shape index (κ2) is 6.57. The third kappa shape index (κ3) is 3.82. The number of benzene rings is 2. The van der Waals surface area contributed by atoms with E-state index in [1.807, 2.05) is 0 Å². The Labute approximate surface area is 127 Å². The lowest BCUT2D eigenvalue weighted by molar-refractivity contribution is 0.0526. The van der Waals surface area contributed by atoms with E-state index in [2.05, 4.69) is 4.72 Å². The molecule has 5 nitrogen and oxygen atoms in total. The molecule has 0 saturated carbocycles. The molecule has 116 valence electrons. The molecule has 0 amide bonds. The number of ether oxygens (including phenoxy) is 1. The maximum absolute atomic E-state index is 12.8. The first-order chi connectivity index (χ1) is 10.4. The molecule has 7 heteroatoms. The maximum atomic E-state index is 12.8. The van der Waals surface area contributed by atoms with Gasteiger partial charge in [0.05, 0.1) is 17.1 Å². The van der Waals surface area contributed by atoms with Crippen LogP contribution in [0.2, 0.25) is 0 Å². The van der Waals surface area contributed by atoms with Gasteiger partial charge >= 0.3 is 5.97 Å². The van der Waals surface area contributed by atoms with Crippen LogP contribution in [-0.4, -0.2) is 21.0 Å².